The van der Waals surface area contributed by atoms with Gasteiger partial charge in [0.05, 0.1) is 6.54 Å². The highest BCUT2D eigenvalue weighted by atomic mass is 32.1. The molecule has 1 aromatic heterocycles. The molecule has 0 N–H and O–H groups in total. The summed E-state index contributed by atoms with van der Waals surface area (Å²) in [6.45, 7) is 5.89. The van der Waals surface area contributed by atoms with E-state index in [1.165, 1.54) is 10.4 Å². The Hall–Kier alpha value is -1.69. The molecule has 1 aliphatic rings. The summed E-state index contributed by atoms with van der Waals surface area (Å²) in [5, 5.41) is 2.08. The van der Waals surface area contributed by atoms with Gasteiger partial charge in [0.15, 0.2) is 0 Å². The summed E-state index contributed by atoms with van der Waals surface area (Å²) in [7, 11) is 2.02. The molecule has 4 nitrogen and oxygen atoms in total. The highest BCUT2D eigenvalue weighted by molar-refractivity contribution is 7.09. The number of piperazine rings is 1. The Kier molecular flexibility index (Phi) is 6.01. The number of nitrogens with zero attached hydrogens (tertiary/aromatic N) is 3. The highest BCUT2D eigenvalue weighted by Crippen LogP contribution is 2.12. The molecular formula is C19H25N3OS. The minimum absolute atomic E-state index is 0.244. The first-order valence-corrected chi connectivity index (χ1v) is 9.33. The Morgan fingerprint density at radius 2 is 1.83 bits per heavy atom. The van der Waals surface area contributed by atoms with Crippen LogP contribution < -0.4 is 0 Å². The molecule has 1 aliphatic heterocycles. The third-order valence-electron chi connectivity index (χ3n) is 4.39. The maximum Gasteiger partial charge on any atom is 0.236 e. The Labute approximate surface area is 148 Å². The van der Waals surface area contributed by atoms with Gasteiger partial charge < -0.3 is 4.90 Å². The van der Waals surface area contributed by atoms with E-state index in [2.05, 4.69) is 51.6 Å². The van der Waals surface area contributed by atoms with Crippen molar-refractivity contribution in [2.45, 2.75) is 13.1 Å². The van der Waals surface area contributed by atoms with E-state index in [0.717, 1.165) is 39.3 Å². The lowest BCUT2D eigenvalue weighted by Gasteiger charge is -2.35. The van der Waals surface area contributed by atoms with Crippen molar-refractivity contribution in [2.75, 3.05) is 39.8 Å². The highest BCUT2D eigenvalue weighted by Gasteiger charge is 2.21. The van der Waals surface area contributed by atoms with E-state index in [-0.39, 0.29) is 5.91 Å². The Bertz CT molecular complexity index is 621. The normalized spacial score (nSPS) is 15.8. The molecule has 0 spiro atoms. The van der Waals surface area contributed by atoms with Gasteiger partial charge in [-0.25, -0.2) is 0 Å². The summed E-state index contributed by atoms with van der Waals surface area (Å²) in [6, 6.07) is 14.7. The summed E-state index contributed by atoms with van der Waals surface area (Å²) < 4.78 is 0. The lowest BCUT2D eigenvalue weighted by Crippen LogP contribution is -2.50. The Morgan fingerprint density at radius 1 is 1.08 bits per heavy atom. The smallest absolute Gasteiger partial charge is 0.236 e. The standard InChI is InChI=1S/C19H25N3OS/c1-20(15-18-8-5-13-24-18)16-19(23)22-11-9-21(10-12-22)14-17-6-3-2-4-7-17/h2-8,13H,9-12,14-16H2,1H3. The van der Waals surface area contributed by atoms with Crippen LogP contribution in [-0.4, -0.2) is 60.4 Å². The number of amides is 1. The maximum atomic E-state index is 12.5. The van der Waals surface area contributed by atoms with E-state index in [0.29, 0.717) is 6.54 Å². The fourth-order valence-corrected chi connectivity index (χ4v) is 3.84. The van der Waals surface area contributed by atoms with Gasteiger partial charge in [0.25, 0.3) is 0 Å². The van der Waals surface area contributed by atoms with E-state index >= 15 is 0 Å². The molecule has 0 aliphatic carbocycles. The molecule has 0 atom stereocenters. The van der Waals surface area contributed by atoms with Crippen LogP contribution >= 0.6 is 11.3 Å². The van der Waals surface area contributed by atoms with E-state index in [1.807, 2.05) is 18.0 Å². The summed E-state index contributed by atoms with van der Waals surface area (Å²) >= 11 is 1.74. The van der Waals surface area contributed by atoms with Crippen LogP contribution in [0.5, 0.6) is 0 Å². The van der Waals surface area contributed by atoms with Crippen LogP contribution in [0.15, 0.2) is 47.8 Å². The number of likely N-dealkylation sites (N-methyl/N-ethyl adjacent to an activating group) is 1. The molecule has 0 radical (unpaired) electrons. The third kappa shape index (κ3) is 4.90. The molecule has 0 saturated carbocycles. The van der Waals surface area contributed by atoms with Crippen LogP contribution in [0.4, 0.5) is 0 Å². The van der Waals surface area contributed by atoms with Crippen LogP contribution in [-0.2, 0) is 17.9 Å². The van der Waals surface area contributed by atoms with Crippen LogP contribution in [0.2, 0.25) is 0 Å². The molecule has 5 heteroatoms. The topological polar surface area (TPSA) is 26.8 Å². The average Bonchev–Trinajstić information content (AvgIpc) is 3.09. The predicted molar refractivity (Wildman–Crippen MR) is 99.0 cm³/mol. The second-order valence-electron chi connectivity index (χ2n) is 6.39. The molecule has 1 aromatic carbocycles. The number of benzene rings is 1. The minimum Gasteiger partial charge on any atom is -0.339 e. The van der Waals surface area contributed by atoms with Gasteiger partial charge in [-0.3, -0.25) is 14.6 Å². The second-order valence-corrected chi connectivity index (χ2v) is 7.43. The number of carbonyl (C=O) groups is 1. The Morgan fingerprint density at radius 3 is 2.50 bits per heavy atom. The number of thiophene rings is 1. The summed E-state index contributed by atoms with van der Waals surface area (Å²) in [5.41, 5.74) is 1.34. The number of hydrogen-bond donors (Lipinski definition) is 0. The zero-order valence-electron chi connectivity index (χ0n) is 14.2. The van der Waals surface area contributed by atoms with Crippen molar-refractivity contribution in [3.8, 4) is 0 Å². The van der Waals surface area contributed by atoms with Gasteiger partial charge in [-0.15, -0.1) is 11.3 Å². The quantitative estimate of drug-likeness (QED) is 0.806. The number of rotatable bonds is 6. The van der Waals surface area contributed by atoms with Crippen molar-refractivity contribution in [2.24, 2.45) is 0 Å². The second kappa shape index (κ2) is 8.42. The van der Waals surface area contributed by atoms with Crippen LogP contribution in [0.25, 0.3) is 0 Å². The van der Waals surface area contributed by atoms with Crippen molar-refractivity contribution in [3.05, 3.63) is 58.3 Å². The average molecular weight is 343 g/mol. The van der Waals surface area contributed by atoms with Crippen LogP contribution in [0, 0.1) is 0 Å². The van der Waals surface area contributed by atoms with E-state index in [4.69, 9.17) is 0 Å². The zero-order chi connectivity index (χ0) is 16.8. The van der Waals surface area contributed by atoms with Gasteiger partial charge in [0, 0.05) is 44.1 Å². The SMILES string of the molecule is CN(CC(=O)N1CCN(Cc2ccccc2)CC1)Cc1cccs1. The molecule has 1 amide bonds. The van der Waals surface area contributed by atoms with Crippen LogP contribution in [0.1, 0.15) is 10.4 Å². The van der Waals surface area contributed by atoms with Gasteiger partial charge in [0.1, 0.15) is 0 Å². The summed E-state index contributed by atoms with van der Waals surface area (Å²) in [6.07, 6.45) is 0. The lowest BCUT2D eigenvalue weighted by molar-refractivity contribution is -0.134. The van der Waals surface area contributed by atoms with Gasteiger partial charge in [-0.1, -0.05) is 36.4 Å². The first-order chi connectivity index (χ1) is 11.7. The largest absolute Gasteiger partial charge is 0.339 e. The molecule has 128 valence electrons. The van der Waals surface area contributed by atoms with Crippen molar-refractivity contribution >= 4 is 17.2 Å². The third-order valence-corrected chi connectivity index (χ3v) is 5.25. The molecule has 1 fully saturated rings. The fraction of sp³-hybridized carbons (Fsp3) is 0.421. The summed E-state index contributed by atoms with van der Waals surface area (Å²) in [4.78, 5) is 20.3. The molecule has 1 saturated heterocycles. The molecule has 24 heavy (non-hydrogen) atoms. The first-order valence-electron chi connectivity index (χ1n) is 8.46. The van der Waals surface area contributed by atoms with Gasteiger partial charge in [-0.05, 0) is 24.1 Å². The number of hydrogen-bond acceptors (Lipinski definition) is 4. The van der Waals surface area contributed by atoms with Gasteiger partial charge in [0.2, 0.25) is 5.91 Å². The molecule has 0 bridgehead atoms. The van der Waals surface area contributed by atoms with Crippen molar-refractivity contribution < 1.29 is 4.79 Å². The monoisotopic (exact) mass is 343 g/mol. The lowest BCUT2D eigenvalue weighted by atomic mass is 10.2. The van der Waals surface area contributed by atoms with E-state index in [9.17, 15) is 4.79 Å². The Balaban J connectivity index is 1.41. The van der Waals surface area contributed by atoms with Crippen molar-refractivity contribution in [1.82, 2.24) is 14.7 Å². The van der Waals surface area contributed by atoms with E-state index in [1.54, 1.807) is 11.3 Å². The van der Waals surface area contributed by atoms with Crippen molar-refractivity contribution in [1.29, 1.82) is 0 Å². The number of carbonyl (C=O) groups excluding carboxylic acids is 1. The summed E-state index contributed by atoms with van der Waals surface area (Å²) in [5.74, 6) is 0.244. The van der Waals surface area contributed by atoms with E-state index < -0.39 is 0 Å². The van der Waals surface area contributed by atoms with Crippen LogP contribution in [0.3, 0.4) is 0 Å². The first kappa shape index (κ1) is 17.1. The van der Waals surface area contributed by atoms with Crippen molar-refractivity contribution in [3.63, 3.8) is 0 Å². The maximum absolute atomic E-state index is 12.5. The molecular weight excluding hydrogens is 318 g/mol. The predicted octanol–water partition coefficient (Wildman–Crippen LogP) is 2.52. The minimum atomic E-state index is 0.244. The fourth-order valence-electron chi connectivity index (χ4n) is 3.05. The molecule has 2 aromatic rings. The van der Waals surface area contributed by atoms with Gasteiger partial charge in [-0.2, -0.15) is 0 Å². The van der Waals surface area contributed by atoms with Gasteiger partial charge >= 0.3 is 0 Å². The zero-order valence-corrected chi connectivity index (χ0v) is 15.0. The molecule has 0 unspecified atom stereocenters. The molecule has 3 rings (SSSR count). The molecule has 2 heterocycles.